The number of ether oxygens (including phenoxy) is 1. The van der Waals surface area contributed by atoms with E-state index in [9.17, 15) is 4.79 Å². The number of hydrogen-bond acceptors (Lipinski definition) is 4. The SMILES string of the molecule is COc1cc(N2C(=S)N[C@H](c3ccccn3)[C@H]2c2ccc(C)n2C)ccc1NC(=O)C(C)(C)C. The maximum atomic E-state index is 12.6. The molecule has 0 radical (unpaired) electrons. The van der Waals surface area contributed by atoms with Crippen molar-refractivity contribution in [1.82, 2.24) is 14.9 Å². The molecule has 2 atom stereocenters. The molecule has 34 heavy (non-hydrogen) atoms. The molecule has 0 spiro atoms. The Morgan fingerprint density at radius 3 is 2.53 bits per heavy atom. The summed E-state index contributed by atoms with van der Waals surface area (Å²) in [6, 6.07) is 15.6. The second-order valence-corrected chi connectivity index (χ2v) is 9.93. The van der Waals surface area contributed by atoms with Crippen molar-refractivity contribution in [3.8, 4) is 5.75 Å². The van der Waals surface area contributed by atoms with Gasteiger partial charge in [-0.1, -0.05) is 26.8 Å². The smallest absolute Gasteiger partial charge is 0.229 e. The first-order chi connectivity index (χ1) is 16.1. The standard InChI is InChI=1S/C26H31N5O2S/c1-16-10-13-20(30(16)5)23-22(19-9-7-8-14-27-19)29-25(34)31(23)17-11-12-18(21(15-17)33-6)28-24(32)26(2,3)4/h7-15,22-23H,1-6H3,(H,28,32)(H,29,34)/t22-,23-/m1/s1. The predicted molar refractivity (Wildman–Crippen MR) is 139 cm³/mol. The molecule has 1 saturated heterocycles. The summed E-state index contributed by atoms with van der Waals surface area (Å²) in [5.41, 5.74) is 4.16. The number of pyridine rings is 1. The molecule has 7 nitrogen and oxygen atoms in total. The van der Waals surface area contributed by atoms with Crippen LogP contribution in [0.15, 0.2) is 54.7 Å². The molecule has 1 aromatic carbocycles. The van der Waals surface area contributed by atoms with E-state index in [-0.39, 0.29) is 18.0 Å². The summed E-state index contributed by atoms with van der Waals surface area (Å²) in [5.74, 6) is 0.491. The third kappa shape index (κ3) is 4.37. The van der Waals surface area contributed by atoms with Gasteiger partial charge in [-0.15, -0.1) is 0 Å². The van der Waals surface area contributed by atoms with Crippen molar-refractivity contribution in [3.05, 3.63) is 71.8 Å². The van der Waals surface area contributed by atoms with E-state index in [4.69, 9.17) is 17.0 Å². The largest absolute Gasteiger partial charge is 0.494 e. The zero-order chi connectivity index (χ0) is 24.6. The minimum absolute atomic E-state index is 0.0794. The second kappa shape index (κ2) is 9.10. The van der Waals surface area contributed by atoms with Crippen LogP contribution in [0.4, 0.5) is 11.4 Å². The number of aromatic nitrogens is 2. The number of thiocarbonyl (C=S) groups is 1. The monoisotopic (exact) mass is 477 g/mol. The highest BCUT2D eigenvalue weighted by atomic mass is 32.1. The Morgan fingerprint density at radius 1 is 1.18 bits per heavy atom. The summed E-state index contributed by atoms with van der Waals surface area (Å²) in [4.78, 5) is 19.3. The van der Waals surface area contributed by atoms with E-state index >= 15 is 0 Å². The number of methoxy groups -OCH3 is 1. The number of nitrogens with zero attached hydrogens (tertiary/aromatic N) is 3. The molecule has 1 amide bonds. The van der Waals surface area contributed by atoms with Crippen LogP contribution in [0.25, 0.3) is 0 Å². The Hall–Kier alpha value is -3.39. The van der Waals surface area contributed by atoms with Crippen molar-refractivity contribution < 1.29 is 9.53 Å². The van der Waals surface area contributed by atoms with E-state index in [2.05, 4.69) is 51.2 Å². The number of carbonyl (C=O) groups excluding carboxylic acids is 1. The molecular formula is C26H31N5O2S. The zero-order valence-electron chi connectivity index (χ0n) is 20.4. The highest BCUT2D eigenvalue weighted by Gasteiger charge is 2.42. The van der Waals surface area contributed by atoms with Crippen molar-refractivity contribution in [3.63, 3.8) is 0 Å². The highest BCUT2D eigenvalue weighted by molar-refractivity contribution is 7.80. The summed E-state index contributed by atoms with van der Waals surface area (Å²) < 4.78 is 7.83. The molecule has 2 aromatic heterocycles. The van der Waals surface area contributed by atoms with E-state index in [0.717, 1.165) is 22.8 Å². The van der Waals surface area contributed by atoms with E-state index < -0.39 is 5.41 Å². The number of carbonyl (C=O) groups is 1. The molecule has 0 saturated carbocycles. The lowest BCUT2D eigenvalue weighted by Gasteiger charge is -2.29. The first kappa shape index (κ1) is 23.8. The quantitative estimate of drug-likeness (QED) is 0.510. The summed E-state index contributed by atoms with van der Waals surface area (Å²) in [6.07, 6.45) is 1.80. The number of aryl methyl sites for hydroxylation is 1. The Kier molecular flexibility index (Phi) is 6.36. The maximum absolute atomic E-state index is 12.6. The molecule has 0 bridgehead atoms. The van der Waals surface area contributed by atoms with Crippen LogP contribution in [-0.2, 0) is 11.8 Å². The van der Waals surface area contributed by atoms with Gasteiger partial charge < -0.3 is 24.8 Å². The molecule has 0 aliphatic carbocycles. The van der Waals surface area contributed by atoms with E-state index in [1.54, 1.807) is 13.3 Å². The third-order valence-corrected chi connectivity index (χ3v) is 6.52. The fourth-order valence-electron chi connectivity index (χ4n) is 4.11. The van der Waals surface area contributed by atoms with Gasteiger partial charge in [0.05, 0.1) is 24.5 Å². The van der Waals surface area contributed by atoms with Crippen molar-refractivity contribution in [2.45, 2.75) is 39.8 Å². The minimum Gasteiger partial charge on any atom is -0.494 e. The molecular weight excluding hydrogens is 446 g/mol. The van der Waals surface area contributed by atoms with Crippen LogP contribution in [-0.4, -0.2) is 27.7 Å². The minimum atomic E-state index is -0.518. The number of benzene rings is 1. The van der Waals surface area contributed by atoms with Crippen LogP contribution < -0.4 is 20.3 Å². The van der Waals surface area contributed by atoms with E-state index in [1.165, 1.54) is 0 Å². The van der Waals surface area contributed by atoms with Crippen molar-refractivity contribution in [1.29, 1.82) is 0 Å². The van der Waals surface area contributed by atoms with Crippen molar-refractivity contribution >= 4 is 34.6 Å². The van der Waals surface area contributed by atoms with Crippen LogP contribution in [0.3, 0.4) is 0 Å². The van der Waals surface area contributed by atoms with Crippen LogP contribution in [0, 0.1) is 12.3 Å². The van der Waals surface area contributed by atoms with Gasteiger partial charge in [0.15, 0.2) is 5.11 Å². The van der Waals surface area contributed by atoms with Crippen LogP contribution in [0.5, 0.6) is 5.75 Å². The molecule has 2 N–H and O–H groups in total. The number of hydrogen-bond donors (Lipinski definition) is 2. The fraction of sp³-hybridized carbons (Fsp3) is 0.346. The van der Waals surface area contributed by atoms with Crippen molar-refractivity contribution in [2.75, 3.05) is 17.3 Å². The van der Waals surface area contributed by atoms with Gasteiger partial charge in [0, 0.05) is 41.8 Å². The highest BCUT2D eigenvalue weighted by Crippen LogP contribution is 2.43. The van der Waals surface area contributed by atoms with E-state index in [1.807, 2.05) is 57.2 Å². The lowest BCUT2D eigenvalue weighted by molar-refractivity contribution is -0.123. The van der Waals surface area contributed by atoms with Crippen LogP contribution in [0.2, 0.25) is 0 Å². The van der Waals surface area contributed by atoms with Gasteiger partial charge in [0.1, 0.15) is 11.8 Å². The normalized spacial score (nSPS) is 18.1. The average molecular weight is 478 g/mol. The van der Waals surface area contributed by atoms with Gasteiger partial charge in [-0.2, -0.15) is 0 Å². The number of amides is 1. The van der Waals surface area contributed by atoms with Gasteiger partial charge in [0.25, 0.3) is 0 Å². The van der Waals surface area contributed by atoms with Crippen molar-refractivity contribution in [2.24, 2.45) is 12.5 Å². The molecule has 178 valence electrons. The van der Waals surface area contributed by atoms with Crippen LogP contribution >= 0.6 is 12.2 Å². The summed E-state index contributed by atoms with van der Waals surface area (Å²) in [6.45, 7) is 7.71. The maximum Gasteiger partial charge on any atom is 0.229 e. The Labute approximate surface area is 206 Å². The van der Waals surface area contributed by atoms with Gasteiger partial charge >= 0.3 is 0 Å². The molecule has 4 rings (SSSR count). The zero-order valence-corrected chi connectivity index (χ0v) is 21.2. The topological polar surface area (TPSA) is 71.4 Å². The fourth-order valence-corrected chi connectivity index (χ4v) is 4.45. The molecule has 1 fully saturated rings. The first-order valence-corrected chi connectivity index (χ1v) is 11.6. The molecule has 0 unspecified atom stereocenters. The predicted octanol–water partition coefficient (Wildman–Crippen LogP) is 4.90. The Morgan fingerprint density at radius 2 is 1.94 bits per heavy atom. The molecule has 1 aliphatic rings. The molecule has 3 heterocycles. The molecule has 8 heteroatoms. The lowest BCUT2D eigenvalue weighted by Crippen LogP contribution is -2.30. The first-order valence-electron chi connectivity index (χ1n) is 11.2. The van der Waals surface area contributed by atoms with Gasteiger partial charge in [-0.3, -0.25) is 9.78 Å². The summed E-state index contributed by atoms with van der Waals surface area (Å²) in [7, 11) is 3.66. The lowest BCUT2D eigenvalue weighted by atomic mass is 9.95. The Balaban J connectivity index is 1.78. The number of anilines is 2. The third-order valence-electron chi connectivity index (χ3n) is 6.21. The second-order valence-electron chi connectivity index (χ2n) is 9.54. The van der Waals surface area contributed by atoms with Crippen LogP contribution in [0.1, 0.15) is 49.9 Å². The number of rotatable bonds is 5. The summed E-state index contributed by atoms with van der Waals surface area (Å²) >= 11 is 5.83. The van der Waals surface area contributed by atoms with Gasteiger partial charge in [0.2, 0.25) is 5.91 Å². The molecule has 1 aliphatic heterocycles. The summed E-state index contributed by atoms with van der Waals surface area (Å²) in [5, 5.41) is 7.06. The number of nitrogens with one attached hydrogen (secondary N) is 2. The molecule has 3 aromatic rings. The average Bonchev–Trinajstić information content (AvgIpc) is 3.32. The van der Waals surface area contributed by atoms with E-state index in [0.29, 0.717) is 16.5 Å². The van der Waals surface area contributed by atoms with Gasteiger partial charge in [-0.05, 0) is 55.5 Å². The Bertz CT molecular complexity index is 1220. The van der Waals surface area contributed by atoms with Gasteiger partial charge in [-0.25, -0.2) is 0 Å².